The maximum Gasteiger partial charge on any atom is 0.416 e. The molecule has 0 atom stereocenters. The number of carbonyl (C=O) groups excluding carboxylic acids is 3. The molecule has 0 radical (unpaired) electrons. The number of allylic oxidation sites excluding steroid dienone is 1. The number of nitrogens with one attached hydrogen (secondary N) is 3. The van der Waals surface area contributed by atoms with Crippen LogP contribution in [0.3, 0.4) is 0 Å². The van der Waals surface area contributed by atoms with E-state index in [1.54, 1.807) is 19.3 Å². The molecule has 13 nitrogen and oxygen atoms in total. The molecule has 3 rings (SSSR count). The molecule has 17 heteroatoms. The van der Waals surface area contributed by atoms with Crippen molar-refractivity contribution in [1.82, 2.24) is 20.5 Å². The number of halogens is 3. The monoisotopic (exact) mass is 804 g/mol. The van der Waals surface area contributed by atoms with E-state index in [2.05, 4.69) is 58.2 Å². The first-order valence-corrected chi connectivity index (χ1v) is 18.9. The largest absolute Gasteiger partial charge is 0.506 e. The van der Waals surface area contributed by atoms with E-state index in [0.717, 1.165) is 45.3 Å². The van der Waals surface area contributed by atoms with Crippen molar-refractivity contribution in [2.24, 2.45) is 15.1 Å². The third kappa shape index (κ3) is 15.9. The van der Waals surface area contributed by atoms with E-state index in [1.807, 2.05) is 37.0 Å². The number of carbonyl (C=O) groups is 3. The van der Waals surface area contributed by atoms with Crippen molar-refractivity contribution >= 4 is 66.7 Å². The molecule has 2 aromatic rings. The molecule has 1 aliphatic heterocycles. The van der Waals surface area contributed by atoms with Crippen molar-refractivity contribution in [2.45, 2.75) is 59.6 Å². The second kappa shape index (κ2) is 26.6. The number of benzene rings is 1. The lowest BCUT2D eigenvalue weighted by Crippen LogP contribution is -2.43. The van der Waals surface area contributed by atoms with Crippen molar-refractivity contribution in [1.29, 1.82) is 0 Å². The Labute approximate surface area is 331 Å². The summed E-state index contributed by atoms with van der Waals surface area (Å²) in [6, 6.07) is 2.17. The minimum Gasteiger partial charge on any atom is -0.506 e. The van der Waals surface area contributed by atoms with E-state index >= 15 is 0 Å². The Bertz CT molecular complexity index is 1690. The number of amides is 2. The van der Waals surface area contributed by atoms with Gasteiger partial charge in [-0.1, -0.05) is 39.8 Å². The average Bonchev–Trinajstić information content (AvgIpc) is 3.58. The molecular weight excluding hydrogens is 750 g/mol. The molecule has 2 heterocycles. The number of aliphatic imine (C=N–C) groups is 2. The number of alkyl halides is 3. The molecule has 1 aromatic heterocycles. The highest BCUT2D eigenvalue weighted by atomic mass is 32.1. The zero-order valence-electron chi connectivity index (χ0n) is 32.9. The van der Waals surface area contributed by atoms with Crippen LogP contribution in [0.25, 0.3) is 6.08 Å². The van der Waals surface area contributed by atoms with Crippen LogP contribution in [0.2, 0.25) is 0 Å². The number of likely N-dealkylation sites (N-methyl/N-ethyl adjacent to an activating group) is 1. The second-order valence-corrected chi connectivity index (χ2v) is 12.8. The molecule has 56 heavy (non-hydrogen) atoms. The van der Waals surface area contributed by atoms with Gasteiger partial charge >= 0.3 is 6.18 Å². The third-order valence-corrected chi connectivity index (χ3v) is 8.75. The van der Waals surface area contributed by atoms with Crippen LogP contribution in [0, 0.1) is 0 Å². The lowest BCUT2D eigenvalue weighted by Gasteiger charge is -2.31. The van der Waals surface area contributed by atoms with Gasteiger partial charge in [-0.2, -0.15) is 18.3 Å². The van der Waals surface area contributed by atoms with Crippen molar-refractivity contribution in [3.8, 4) is 5.75 Å². The fourth-order valence-corrected chi connectivity index (χ4v) is 5.97. The van der Waals surface area contributed by atoms with Crippen LogP contribution in [-0.4, -0.2) is 106 Å². The highest BCUT2D eigenvalue weighted by Crippen LogP contribution is 2.35. The smallest absolute Gasteiger partial charge is 0.416 e. The maximum absolute atomic E-state index is 14.4. The number of ether oxygens (including phenoxy) is 1. The number of aromatic hydroxyl groups is 1. The molecule has 4 N–H and O–H groups in total. The van der Waals surface area contributed by atoms with Crippen molar-refractivity contribution in [3.63, 3.8) is 0 Å². The van der Waals surface area contributed by atoms with Crippen molar-refractivity contribution in [3.05, 3.63) is 69.2 Å². The van der Waals surface area contributed by atoms with E-state index in [1.165, 1.54) is 24.1 Å². The molecule has 0 saturated carbocycles. The van der Waals surface area contributed by atoms with Crippen LogP contribution in [0.1, 0.15) is 63.0 Å². The average molecular weight is 805 g/mol. The Kier molecular flexibility index (Phi) is 23.3. The van der Waals surface area contributed by atoms with Crippen LogP contribution in [-0.2, 0) is 31.7 Å². The predicted octanol–water partition coefficient (Wildman–Crippen LogP) is 6.80. The summed E-state index contributed by atoms with van der Waals surface area (Å²) in [4.78, 5) is 47.3. The van der Waals surface area contributed by atoms with Gasteiger partial charge in [0.1, 0.15) is 24.8 Å². The van der Waals surface area contributed by atoms with Crippen LogP contribution in [0.15, 0.2) is 68.3 Å². The standard InChI is InChI=1S/C35H45F3N8O4S.C3H8.CH2O/c1-6-27(43-23-41-20-24-12-17-50-18-13-24)33(45(16-14-39-4)15-11-25-22-51-30(7-2)32(25)42-8-3)34(49)46(40-5)21-31(48)44-28-10-9-26(19-29(28)47)35(36,37)38;1-3-2;1-2/h7-10,12,19,22-23,39,47H,2,5-6,11,13-18,20-21H2,1,3-4H3,(H,41,43)(H,44,48);3H2,1-2H3;1H2/b33-27+,42-8?;;. The number of phenols is 1. The highest BCUT2D eigenvalue weighted by molar-refractivity contribution is 7.11. The number of rotatable bonds is 19. The zero-order valence-corrected chi connectivity index (χ0v) is 33.7. The van der Waals surface area contributed by atoms with Gasteiger partial charge in [-0.25, -0.2) is 5.01 Å². The van der Waals surface area contributed by atoms with Gasteiger partial charge in [0.05, 0.1) is 47.9 Å². The van der Waals surface area contributed by atoms with Gasteiger partial charge in [0, 0.05) is 38.3 Å². The minimum atomic E-state index is -4.68. The van der Waals surface area contributed by atoms with Gasteiger partial charge in [-0.05, 0) is 74.0 Å². The number of hydrogen-bond acceptors (Lipinski definition) is 11. The molecule has 308 valence electrons. The molecule has 0 saturated heterocycles. The third-order valence-electron chi connectivity index (χ3n) is 7.73. The summed E-state index contributed by atoms with van der Waals surface area (Å²) in [7, 11) is 1.79. The Morgan fingerprint density at radius 1 is 1.16 bits per heavy atom. The topological polar surface area (TPSA) is 160 Å². The van der Waals surface area contributed by atoms with Gasteiger partial charge in [0.15, 0.2) is 0 Å². The minimum absolute atomic E-state index is 0.224. The molecule has 0 unspecified atom stereocenters. The first-order valence-electron chi connectivity index (χ1n) is 18.0. The van der Waals surface area contributed by atoms with Crippen LogP contribution >= 0.6 is 11.3 Å². The number of hydrogen-bond donors (Lipinski definition) is 4. The second-order valence-electron chi connectivity index (χ2n) is 11.9. The Morgan fingerprint density at radius 3 is 2.43 bits per heavy atom. The molecule has 0 bridgehead atoms. The lowest BCUT2D eigenvalue weighted by molar-refractivity contribution is -0.137. The number of hydrazone groups is 1. The Hall–Kier alpha value is -5.13. The summed E-state index contributed by atoms with van der Waals surface area (Å²) in [5.41, 5.74) is 2.32. The zero-order chi connectivity index (χ0) is 42.1. The molecular formula is C39H55F3N8O5S. The summed E-state index contributed by atoms with van der Waals surface area (Å²) in [6.07, 6.45) is 5.24. The van der Waals surface area contributed by atoms with Gasteiger partial charge in [-0.15, -0.1) is 11.3 Å². The van der Waals surface area contributed by atoms with Gasteiger partial charge < -0.3 is 35.5 Å². The van der Waals surface area contributed by atoms with E-state index in [-0.39, 0.29) is 11.4 Å². The maximum atomic E-state index is 14.4. The number of phenolic OH excluding ortho intramolecular Hbond substituents is 1. The van der Waals surface area contributed by atoms with Crippen molar-refractivity contribution in [2.75, 3.05) is 58.3 Å². The fraction of sp³-hybridized carbons (Fsp3) is 0.436. The van der Waals surface area contributed by atoms with E-state index in [9.17, 15) is 27.9 Å². The first-order chi connectivity index (χ1) is 26.9. The van der Waals surface area contributed by atoms with Gasteiger partial charge in [-0.3, -0.25) is 19.6 Å². The Morgan fingerprint density at radius 2 is 1.88 bits per heavy atom. The number of thiophene rings is 1. The molecule has 2 amide bonds. The summed E-state index contributed by atoms with van der Waals surface area (Å²) in [5, 5.41) is 25.5. The summed E-state index contributed by atoms with van der Waals surface area (Å²) in [6.45, 7) is 19.6. The molecule has 1 aromatic carbocycles. The van der Waals surface area contributed by atoms with Gasteiger partial charge in [0.2, 0.25) is 5.91 Å². The van der Waals surface area contributed by atoms with Gasteiger partial charge in [0.25, 0.3) is 5.91 Å². The highest BCUT2D eigenvalue weighted by Gasteiger charge is 2.32. The van der Waals surface area contributed by atoms with E-state index in [4.69, 9.17) is 9.53 Å². The van der Waals surface area contributed by atoms with Crippen LogP contribution in [0.5, 0.6) is 5.75 Å². The van der Waals surface area contributed by atoms with Crippen LogP contribution < -0.4 is 16.0 Å². The number of anilines is 1. The number of nitrogens with zero attached hydrogens (tertiary/aromatic N) is 5. The first kappa shape index (κ1) is 48.9. The fourth-order valence-electron chi connectivity index (χ4n) is 5.08. The molecule has 0 aliphatic carbocycles. The SMILES string of the molecule is C=Cc1scc(CCN(CCNC)/C(C(=O)N(CC(=O)Nc2ccc(C(F)(F)F)cc2O)N=C)=C(\CC)NC=NCC2=CCOCC2)c1N=CC.C=O.CCC. The normalized spacial score (nSPS) is 13.0. The van der Waals surface area contributed by atoms with Crippen LogP contribution in [0.4, 0.5) is 24.5 Å². The summed E-state index contributed by atoms with van der Waals surface area (Å²) >= 11 is 1.52. The predicted molar refractivity (Wildman–Crippen MR) is 221 cm³/mol. The summed E-state index contributed by atoms with van der Waals surface area (Å²) in [5.74, 6) is -2.25. The quantitative estimate of drug-likeness (QED) is 0.0301. The Balaban J connectivity index is 0.00000298. The molecule has 0 spiro atoms. The lowest BCUT2D eigenvalue weighted by atomic mass is 10.1. The molecule has 1 aliphatic rings. The molecule has 0 fully saturated rings. The van der Waals surface area contributed by atoms with E-state index in [0.29, 0.717) is 64.0 Å². The van der Waals surface area contributed by atoms with E-state index < -0.39 is 35.8 Å². The summed E-state index contributed by atoms with van der Waals surface area (Å²) < 4.78 is 44.6. The van der Waals surface area contributed by atoms with Crippen molar-refractivity contribution < 1.29 is 37.4 Å².